The van der Waals surface area contributed by atoms with Gasteiger partial charge in [-0.2, -0.15) is 0 Å². The molecule has 2 N–H and O–H groups in total. The van der Waals surface area contributed by atoms with Crippen molar-refractivity contribution >= 4 is 11.4 Å². The minimum atomic E-state index is 0.553. The zero-order chi connectivity index (χ0) is 8.27. The lowest BCUT2D eigenvalue weighted by atomic mass is 10.1. The molecule has 1 aromatic heterocycles. The van der Waals surface area contributed by atoms with Crippen LogP contribution in [0.25, 0.3) is 5.57 Å². The first kappa shape index (κ1) is 7.79. The van der Waals surface area contributed by atoms with E-state index >= 15 is 0 Å². The molecule has 2 nitrogen and oxygen atoms in total. The summed E-state index contributed by atoms with van der Waals surface area (Å²) in [7, 11) is 0. The minimum Gasteiger partial charge on any atom is -0.384 e. The van der Waals surface area contributed by atoms with E-state index in [4.69, 9.17) is 5.73 Å². The first-order valence-corrected chi connectivity index (χ1v) is 3.63. The van der Waals surface area contributed by atoms with Crippen LogP contribution in [0.2, 0.25) is 0 Å². The fourth-order valence-corrected chi connectivity index (χ4v) is 0.819. The molecule has 0 fully saturated rings. The van der Waals surface area contributed by atoms with E-state index in [0.717, 1.165) is 17.6 Å². The third kappa shape index (κ3) is 1.80. The average Bonchev–Trinajstić information content (AvgIpc) is 2.05. The van der Waals surface area contributed by atoms with Crippen LogP contribution in [0, 0.1) is 0 Å². The second-order valence-electron chi connectivity index (χ2n) is 2.43. The molecule has 0 aromatic carbocycles. The van der Waals surface area contributed by atoms with E-state index in [-0.39, 0.29) is 0 Å². The van der Waals surface area contributed by atoms with Crippen molar-refractivity contribution in [2.45, 2.75) is 13.3 Å². The standard InChI is InChI=1S/C9H12N2/c1-3-7(2)8-4-5-9(10)11-6-8/h4-6H,2-3H2,1H3,(H2,10,11). The van der Waals surface area contributed by atoms with Gasteiger partial charge in [0, 0.05) is 6.20 Å². The number of allylic oxidation sites excluding steroid dienone is 1. The third-order valence-electron chi connectivity index (χ3n) is 1.62. The number of hydrogen-bond donors (Lipinski definition) is 1. The van der Waals surface area contributed by atoms with Gasteiger partial charge in [0.1, 0.15) is 5.82 Å². The summed E-state index contributed by atoms with van der Waals surface area (Å²) < 4.78 is 0. The van der Waals surface area contributed by atoms with Gasteiger partial charge >= 0.3 is 0 Å². The van der Waals surface area contributed by atoms with Crippen molar-refractivity contribution in [3.05, 3.63) is 30.5 Å². The SMILES string of the molecule is C=C(CC)c1ccc(N)nc1. The van der Waals surface area contributed by atoms with Crippen LogP contribution >= 0.6 is 0 Å². The van der Waals surface area contributed by atoms with Crippen molar-refractivity contribution in [2.75, 3.05) is 5.73 Å². The lowest BCUT2D eigenvalue weighted by Gasteiger charge is -2.00. The molecule has 0 aliphatic carbocycles. The van der Waals surface area contributed by atoms with E-state index in [2.05, 4.69) is 18.5 Å². The number of hydrogen-bond acceptors (Lipinski definition) is 2. The summed E-state index contributed by atoms with van der Waals surface area (Å²) >= 11 is 0. The van der Waals surface area contributed by atoms with Gasteiger partial charge in [0.05, 0.1) is 0 Å². The van der Waals surface area contributed by atoms with Crippen LogP contribution in [0.5, 0.6) is 0 Å². The monoisotopic (exact) mass is 148 g/mol. The van der Waals surface area contributed by atoms with Crippen LogP contribution in [-0.2, 0) is 0 Å². The molecule has 2 heteroatoms. The number of nitrogens with zero attached hydrogens (tertiary/aromatic N) is 1. The van der Waals surface area contributed by atoms with Crippen molar-refractivity contribution < 1.29 is 0 Å². The molecule has 0 aliphatic rings. The summed E-state index contributed by atoms with van der Waals surface area (Å²) in [5.41, 5.74) is 7.59. The molecule has 0 amide bonds. The maximum atomic E-state index is 5.43. The van der Waals surface area contributed by atoms with Crippen LogP contribution in [0.4, 0.5) is 5.82 Å². The van der Waals surface area contributed by atoms with Crippen molar-refractivity contribution in [1.82, 2.24) is 4.98 Å². The lowest BCUT2D eigenvalue weighted by Crippen LogP contribution is -1.90. The molecule has 0 saturated heterocycles. The number of pyridine rings is 1. The number of nitrogens with two attached hydrogens (primary N) is 1. The molecule has 0 spiro atoms. The highest BCUT2D eigenvalue weighted by molar-refractivity contribution is 5.62. The van der Waals surface area contributed by atoms with Crippen LogP contribution < -0.4 is 5.73 Å². The summed E-state index contributed by atoms with van der Waals surface area (Å²) in [6.45, 7) is 5.96. The molecule has 0 radical (unpaired) electrons. The largest absolute Gasteiger partial charge is 0.384 e. The Morgan fingerprint density at radius 3 is 2.82 bits per heavy atom. The summed E-state index contributed by atoms with van der Waals surface area (Å²) in [5, 5.41) is 0. The smallest absolute Gasteiger partial charge is 0.123 e. The van der Waals surface area contributed by atoms with Gasteiger partial charge in [0.25, 0.3) is 0 Å². The van der Waals surface area contributed by atoms with Crippen molar-refractivity contribution in [2.24, 2.45) is 0 Å². The highest BCUT2D eigenvalue weighted by atomic mass is 14.8. The Bertz CT molecular complexity index is 249. The summed E-state index contributed by atoms with van der Waals surface area (Å²) in [6.07, 6.45) is 2.70. The van der Waals surface area contributed by atoms with Crippen LogP contribution in [0.3, 0.4) is 0 Å². The van der Waals surface area contributed by atoms with Crippen molar-refractivity contribution in [1.29, 1.82) is 0 Å². The fraction of sp³-hybridized carbons (Fsp3) is 0.222. The van der Waals surface area contributed by atoms with E-state index in [1.54, 1.807) is 12.3 Å². The van der Waals surface area contributed by atoms with E-state index in [1.165, 1.54) is 0 Å². The molecular formula is C9H12N2. The van der Waals surface area contributed by atoms with Gasteiger partial charge < -0.3 is 5.73 Å². The average molecular weight is 148 g/mol. The number of aromatic nitrogens is 1. The molecule has 11 heavy (non-hydrogen) atoms. The summed E-state index contributed by atoms with van der Waals surface area (Å²) in [6, 6.07) is 3.73. The molecule has 0 bridgehead atoms. The van der Waals surface area contributed by atoms with Gasteiger partial charge in [-0.05, 0) is 29.7 Å². The van der Waals surface area contributed by atoms with Crippen molar-refractivity contribution in [3.8, 4) is 0 Å². The summed E-state index contributed by atoms with van der Waals surface area (Å²) in [5.74, 6) is 0.553. The Labute approximate surface area is 66.8 Å². The molecule has 1 aromatic rings. The summed E-state index contributed by atoms with van der Waals surface area (Å²) in [4.78, 5) is 3.97. The van der Waals surface area contributed by atoms with E-state index < -0.39 is 0 Å². The zero-order valence-corrected chi connectivity index (χ0v) is 6.67. The van der Waals surface area contributed by atoms with Gasteiger partial charge in [-0.15, -0.1) is 0 Å². The van der Waals surface area contributed by atoms with E-state index in [9.17, 15) is 0 Å². The Hall–Kier alpha value is -1.31. The molecular weight excluding hydrogens is 136 g/mol. The highest BCUT2D eigenvalue weighted by Crippen LogP contribution is 2.14. The van der Waals surface area contributed by atoms with Gasteiger partial charge in [-0.3, -0.25) is 0 Å². The Kier molecular flexibility index (Phi) is 2.26. The van der Waals surface area contributed by atoms with Gasteiger partial charge in [0.2, 0.25) is 0 Å². The minimum absolute atomic E-state index is 0.553. The molecule has 0 saturated carbocycles. The van der Waals surface area contributed by atoms with E-state index in [0.29, 0.717) is 5.82 Å². The first-order valence-electron chi connectivity index (χ1n) is 3.63. The third-order valence-corrected chi connectivity index (χ3v) is 1.62. The highest BCUT2D eigenvalue weighted by Gasteiger charge is 1.94. The van der Waals surface area contributed by atoms with Gasteiger partial charge in [-0.25, -0.2) is 4.98 Å². The van der Waals surface area contributed by atoms with Crippen LogP contribution in [-0.4, -0.2) is 4.98 Å². The lowest BCUT2D eigenvalue weighted by molar-refractivity contribution is 1.22. The number of rotatable bonds is 2. The zero-order valence-electron chi connectivity index (χ0n) is 6.67. The Morgan fingerprint density at radius 1 is 1.64 bits per heavy atom. The van der Waals surface area contributed by atoms with Crippen molar-refractivity contribution in [3.63, 3.8) is 0 Å². The normalized spacial score (nSPS) is 9.55. The number of nitrogen functional groups attached to an aromatic ring is 1. The van der Waals surface area contributed by atoms with E-state index in [1.807, 2.05) is 6.07 Å². The quantitative estimate of drug-likeness (QED) is 0.697. The molecule has 58 valence electrons. The van der Waals surface area contributed by atoms with Crippen LogP contribution in [0.15, 0.2) is 24.9 Å². The number of anilines is 1. The van der Waals surface area contributed by atoms with Crippen LogP contribution in [0.1, 0.15) is 18.9 Å². The topological polar surface area (TPSA) is 38.9 Å². The molecule has 0 aliphatic heterocycles. The van der Waals surface area contributed by atoms with Gasteiger partial charge in [0.15, 0.2) is 0 Å². The first-order chi connectivity index (χ1) is 5.24. The maximum Gasteiger partial charge on any atom is 0.123 e. The maximum absolute atomic E-state index is 5.43. The molecule has 0 unspecified atom stereocenters. The van der Waals surface area contributed by atoms with Gasteiger partial charge in [-0.1, -0.05) is 13.5 Å². The molecule has 1 heterocycles. The predicted molar refractivity (Wildman–Crippen MR) is 48.0 cm³/mol. The Morgan fingerprint density at radius 2 is 2.36 bits per heavy atom. The predicted octanol–water partition coefficient (Wildman–Crippen LogP) is 2.09. The Balaban J connectivity index is 2.90. The molecule has 1 rings (SSSR count). The second kappa shape index (κ2) is 3.19. The second-order valence-corrected chi connectivity index (χ2v) is 2.43. The molecule has 0 atom stereocenters. The fourth-order valence-electron chi connectivity index (χ4n) is 0.819.